The van der Waals surface area contributed by atoms with Crippen LogP contribution in [0.1, 0.15) is 27.8 Å². The molecule has 0 spiro atoms. The van der Waals surface area contributed by atoms with Crippen LogP contribution in [0.15, 0.2) is 70.7 Å². The molecule has 0 saturated heterocycles. The Morgan fingerprint density at radius 3 is 2.37 bits per heavy atom. The zero-order valence-electron chi connectivity index (χ0n) is 16.7. The van der Waals surface area contributed by atoms with Gasteiger partial charge in [0.1, 0.15) is 11.6 Å². The third-order valence-corrected chi connectivity index (χ3v) is 5.30. The number of carbonyl (C=O) groups excluding carboxylic acids is 1. The Labute approximate surface area is 190 Å². The fourth-order valence-corrected chi connectivity index (χ4v) is 3.79. The Bertz CT molecular complexity index is 1140. The Morgan fingerprint density at radius 1 is 1.07 bits per heavy atom. The van der Waals surface area contributed by atoms with Gasteiger partial charge in [0.2, 0.25) is 0 Å². The van der Waals surface area contributed by atoms with Crippen molar-refractivity contribution >= 4 is 45.2 Å². The number of amides is 1. The monoisotopic (exact) mass is 478 g/mol. The topological polar surface area (TPSA) is 52.9 Å². The molecule has 0 saturated carbocycles. The lowest BCUT2D eigenvalue weighted by atomic mass is 9.96. The highest BCUT2D eigenvalue weighted by molar-refractivity contribution is 9.10. The second kappa shape index (κ2) is 9.75. The van der Waals surface area contributed by atoms with Gasteiger partial charge in [-0.1, -0.05) is 62.9 Å². The summed E-state index contributed by atoms with van der Waals surface area (Å²) in [5.74, 6) is -0.461. The Balaban J connectivity index is 1.91. The van der Waals surface area contributed by atoms with Gasteiger partial charge in [-0.05, 0) is 79.4 Å². The largest absolute Gasteiger partial charge is 0.321 e. The summed E-state index contributed by atoms with van der Waals surface area (Å²) < 4.78 is 0.883. The quantitative estimate of drug-likeness (QED) is 0.321. The molecule has 1 amide bonds. The Kier molecular flexibility index (Phi) is 7.10. The van der Waals surface area contributed by atoms with Crippen LogP contribution in [0.5, 0.6) is 0 Å². The number of hydrogen-bond donors (Lipinski definition) is 1. The molecular weight excluding hydrogens is 460 g/mol. The van der Waals surface area contributed by atoms with Crippen LogP contribution in [0, 0.1) is 25.2 Å². The minimum atomic E-state index is -0.461. The van der Waals surface area contributed by atoms with Crippen LogP contribution in [0.3, 0.4) is 0 Å². The molecule has 0 fully saturated rings. The van der Waals surface area contributed by atoms with E-state index in [9.17, 15) is 10.1 Å². The average molecular weight is 480 g/mol. The van der Waals surface area contributed by atoms with E-state index in [1.165, 1.54) is 16.7 Å². The Hall–Kier alpha value is -2.87. The molecule has 0 aliphatic carbocycles. The zero-order valence-corrected chi connectivity index (χ0v) is 19.0. The maximum absolute atomic E-state index is 12.6. The fourth-order valence-electron chi connectivity index (χ4n) is 3.29. The SMILES string of the molecule is Cc1cc(C)cc(Cc2ccc(Br)cc2/C=C(\C#N)C(=O)Nc2ccc(Cl)cc2)c1. The molecular formula is C25H20BrClN2O. The molecule has 0 aliphatic rings. The minimum absolute atomic E-state index is 0.0322. The van der Waals surface area contributed by atoms with Crippen LogP contribution in [0.25, 0.3) is 6.08 Å². The van der Waals surface area contributed by atoms with Crippen molar-refractivity contribution in [2.45, 2.75) is 20.3 Å². The second-order valence-electron chi connectivity index (χ2n) is 7.15. The summed E-state index contributed by atoms with van der Waals surface area (Å²) in [6, 6.07) is 21.1. The van der Waals surface area contributed by atoms with E-state index in [0.717, 1.165) is 15.6 Å². The van der Waals surface area contributed by atoms with Gasteiger partial charge in [0.25, 0.3) is 5.91 Å². The third-order valence-electron chi connectivity index (χ3n) is 4.55. The molecule has 3 aromatic carbocycles. The van der Waals surface area contributed by atoms with Crippen molar-refractivity contribution in [2.75, 3.05) is 5.32 Å². The Morgan fingerprint density at radius 2 is 1.73 bits per heavy atom. The van der Waals surface area contributed by atoms with Crippen LogP contribution in [0.4, 0.5) is 5.69 Å². The first-order chi connectivity index (χ1) is 14.3. The van der Waals surface area contributed by atoms with E-state index in [-0.39, 0.29) is 5.57 Å². The van der Waals surface area contributed by atoms with Gasteiger partial charge in [-0.3, -0.25) is 4.79 Å². The molecule has 0 heterocycles. The lowest BCUT2D eigenvalue weighted by Gasteiger charge is -2.10. The van der Waals surface area contributed by atoms with Crippen LogP contribution < -0.4 is 5.32 Å². The van der Waals surface area contributed by atoms with E-state index in [1.807, 2.05) is 24.3 Å². The molecule has 0 bridgehead atoms. The summed E-state index contributed by atoms with van der Waals surface area (Å²) in [6.07, 6.45) is 2.34. The standard InChI is InChI=1S/C25H20BrClN2O/c1-16-9-17(2)11-18(10-16)12-19-3-4-22(26)14-20(19)13-21(15-28)25(30)29-24-7-5-23(27)6-8-24/h3-11,13-14H,12H2,1-2H3,(H,29,30)/b21-13+. The second-order valence-corrected chi connectivity index (χ2v) is 8.50. The van der Waals surface area contributed by atoms with E-state index < -0.39 is 5.91 Å². The molecule has 30 heavy (non-hydrogen) atoms. The summed E-state index contributed by atoms with van der Waals surface area (Å²) in [6.45, 7) is 4.15. The van der Waals surface area contributed by atoms with E-state index >= 15 is 0 Å². The first-order valence-electron chi connectivity index (χ1n) is 9.38. The number of aryl methyl sites for hydroxylation is 2. The number of benzene rings is 3. The smallest absolute Gasteiger partial charge is 0.266 e. The molecule has 3 aromatic rings. The van der Waals surface area contributed by atoms with Gasteiger partial charge in [0, 0.05) is 15.2 Å². The molecule has 1 N–H and O–H groups in total. The number of anilines is 1. The first-order valence-corrected chi connectivity index (χ1v) is 10.6. The maximum atomic E-state index is 12.6. The summed E-state index contributed by atoms with van der Waals surface area (Å²) in [5.41, 5.74) is 6.08. The highest BCUT2D eigenvalue weighted by Crippen LogP contribution is 2.23. The molecule has 0 radical (unpaired) electrons. The van der Waals surface area contributed by atoms with E-state index in [4.69, 9.17) is 11.6 Å². The summed E-state index contributed by atoms with van der Waals surface area (Å²) in [5, 5.41) is 12.9. The van der Waals surface area contributed by atoms with Gasteiger partial charge in [0.15, 0.2) is 0 Å². The predicted molar refractivity (Wildman–Crippen MR) is 127 cm³/mol. The van der Waals surface area contributed by atoms with E-state index in [1.54, 1.807) is 30.3 Å². The fraction of sp³-hybridized carbons (Fsp3) is 0.120. The molecule has 0 aliphatic heterocycles. The van der Waals surface area contributed by atoms with Crippen molar-refractivity contribution in [3.63, 3.8) is 0 Å². The molecule has 5 heteroatoms. The molecule has 0 atom stereocenters. The van der Waals surface area contributed by atoms with Crippen LogP contribution in [-0.4, -0.2) is 5.91 Å². The average Bonchev–Trinajstić information content (AvgIpc) is 2.69. The van der Waals surface area contributed by atoms with Crippen molar-refractivity contribution in [1.82, 2.24) is 0 Å². The zero-order chi connectivity index (χ0) is 21.7. The molecule has 0 unspecified atom stereocenters. The number of rotatable bonds is 5. The van der Waals surface area contributed by atoms with Crippen molar-refractivity contribution in [1.29, 1.82) is 5.26 Å². The normalized spacial score (nSPS) is 11.1. The van der Waals surface area contributed by atoms with E-state index in [0.29, 0.717) is 17.1 Å². The van der Waals surface area contributed by atoms with Crippen molar-refractivity contribution in [3.05, 3.63) is 104 Å². The van der Waals surface area contributed by atoms with Gasteiger partial charge < -0.3 is 5.32 Å². The molecule has 0 aromatic heterocycles. The molecule has 3 rings (SSSR count). The summed E-state index contributed by atoms with van der Waals surface area (Å²) in [4.78, 5) is 12.6. The van der Waals surface area contributed by atoms with Gasteiger partial charge in [0.05, 0.1) is 0 Å². The van der Waals surface area contributed by atoms with Crippen molar-refractivity contribution in [2.24, 2.45) is 0 Å². The first kappa shape index (κ1) is 21.8. The number of halogens is 2. The number of hydrogen-bond acceptors (Lipinski definition) is 2. The van der Waals surface area contributed by atoms with E-state index in [2.05, 4.69) is 53.3 Å². The van der Waals surface area contributed by atoms with Gasteiger partial charge in [-0.25, -0.2) is 0 Å². The van der Waals surface area contributed by atoms with Crippen molar-refractivity contribution in [3.8, 4) is 6.07 Å². The third kappa shape index (κ3) is 5.82. The summed E-state index contributed by atoms with van der Waals surface area (Å²) >= 11 is 9.37. The van der Waals surface area contributed by atoms with Crippen LogP contribution in [-0.2, 0) is 11.2 Å². The molecule has 3 nitrogen and oxygen atoms in total. The number of carbonyl (C=O) groups is 1. The minimum Gasteiger partial charge on any atom is -0.321 e. The van der Waals surface area contributed by atoms with Crippen LogP contribution >= 0.6 is 27.5 Å². The van der Waals surface area contributed by atoms with Gasteiger partial charge in [-0.15, -0.1) is 0 Å². The molecule has 150 valence electrons. The number of nitrogens with one attached hydrogen (secondary N) is 1. The number of nitriles is 1. The van der Waals surface area contributed by atoms with Gasteiger partial charge >= 0.3 is 0 Å². The predicted octanol–water partition coefficient (Wildman–Crippen LogP) is 6.86. The number of nitrogens with zero attached hydrogens (tertiary/aromatic N) is 1. The summed E-state index contributed by atoms with van der Waals surface area (Å²) in [7, 11) is 0. The van der Waals surface area contributed by atoms with Gasteiger partial charge in [-0.2, -0.15) is 5.26 Å². The van der Waals surface area contributed by atoms with Crippen LogP contribution in [0.2, 0.25) is 5.02 Å². The lowest BCUT2D eigenvalue weighted by Crippen LogP contribution is -2.13. The maximum Gasteiger partial charge on any atom is 0.266 e. The lowest BCUT2D eigenvalue weighted by molar-refractivity contribution is -0.112. The highest BCUT2D eigenvalue weighted by atomic mass is 79.9. The van der Waals surface area contributed by atoms with Crippen molar-refractivity contribution < 1.29 is 4.79 Å². The highest BCUT2D eigenvalue weighted by Gasteiger charge is 2.12.